The van der Waals surface area contributed by atoms with Crippen molar-refractivity contribution in [1.29, 1.82) is 0 Å². The summed E-state index contributed by atoms with van der Waals surface area (Å²) in [5, 5.41) is 0. The van der Waals surface area contributed by atoms with Crippen LogP contribution in [0.15, 0.2) is 54.6 Å². The predicted molar refractivity (Wildman–Crippen MR) is 121 cm³/mol. The number of amides is 2. The van der Waals surface area contributed by atoms with Gasteiger partial charge in [-0.2, -0.15) is 0 Å². The number of carbonyl (C=O) groups excluding carboxylic acids is 1. The SMILES string of the molecule is Br.CCCCN(CC)CCN(C(N)=O)c1ccc(OCc2ccccc2)cc1. The van der Waals surface area contributed by atoms with Gasteiger partial charge in [0.1, 0.15) is 12.4 Å². The maximum Gasteiger partial charge on any atom is 0.319 e. The van der Waals surface area contributed by atoms with Gasteiger partial charge in [0.25, 0.3) is 0 Å². The predicted octanol–water partition coefficient (Wildman–Crippen LogP) is 4.85. The molecular weight excluding hydrogens is 418 g/mol. The molecule has 0 unspecified atom stereocenters. The molecule has 0 atom stereocenters. The Morgan fingerprint density at radius 3 is 2.21 bits per heavy atom. The number of anilines is 1. The van der Waals surface area contributed by atoms with Gasteiger partial charge in [-0.25, -0.2) is 4.79 Å². The molecule has 0 spiro atoms. The minimum absolute atomic E-state index is 0. The second-order valence-electron chi connectivity index (χ2n) is 6.55. The molecule has 2 amide bonds. The molecule has 2 rings (SSSR count). The zero-order chi connectivity index (χ0) is 19.5. The number of hydrogen-bond donors (Lipinski definition) is 1. The van der Waals surface area contributed by atoms with E-state index in [0.29, 0.717) is 13.2 Å². The zero-order valence-corrected chi connectivity index (χ0v) is 18.6. The fourth-order valence-corrected chi connectivity index (χ4v) is 2.88. The van der Waals surface area contributed by atoms with Crippen molar-refractivity contribution in [3.8, 4) is 5.75 Å². The third kappa shape index (κ3) is 7.90. The lowest BCUT2D eigenvalue weighted by Gasteiger charge is -2.26. The van der Waals surface area contributed by atoms with Gasteiger partial charge in [0.2, 0.25) is 0 Å². The average Bonchev–Trinajstić information content (AvgIpc) is 2.70. The van der Waals surface area contributed by atoms with E-state index in [-0.39, 0.29) is 17.0 Å². The second-order valence-corrected chi connectivity index (χ2v) is 6.55. The molecule has 0 bridgehead atoms. The molecule has 6 heteroatoms. The van der Waals surface area contributed by atoms with Crippen LogP contribution in [0.25, 0.3) is 0 Å². The normalized spacial score (nSPS) is 10.4. The summed E-state index contributed by atoms with van der Waals surface area (Å²) in [6, 6.07) is 17.1. The van der Waals surface area contributed by atoms with Gasteiger partial charge in [-0.15, -0.1) is 17.0 Å². The number of ether oxygens (including phenoxy) is 1. The van der Waals surface area contributed by atoms with Gasteiger partial charge < -0.3 is 15.4 Å². The minimum Gasteiger partial charge on any atom is -0.489 e. The molecule has 154 valence electrons. The van der Waals surface area contributed by atoms with Crippen LogP contribution in [0, 0.1) is 0 Å². The standard InChI is InChI=1S/C22H31N3O2.BrH/c1-3-5-15-24(4-2)16-17-25(22(23)26)20-11-13-21(14-12-20)27-18-19-9-7-6-8-10-19;/h6-14H,3-5,15-18H2,1-2H3,(H2,23,26);1H. The number of likely N-dealkylation sites (N-methyl/N-ethyl adjacent to an activating group) is 1. The first kappa shape index (κ1) is 24.0. The Bertz CT molecular complexity index is 680. The lowest BCUT2D eigenvalue weighted by molar-refractivity contribution is 0.250. The summed E-state index contributed by atoms with van der Waals surface area (Å²) >= 11 is 0. The van der Waals surface area contributed by atoms with E-state index in [4.69, 9.17) is 10.5 Å². The summed E-state index contributed by atoms with van der Waals surface area (Å²) < 4.78 is 5.80. The van der Waals surface area contributed by atoms with Gasteiger partial charge in [0.05, 0.1) is 0 Å². The Morgan fingerprint density at radius 1 is 0.964 bits per heavy atom. The Morgan fingerprint density at radius 2 is 1.64 bits per heavy atom. The van der Waals surface area contributed by atoms with E-state index < -0.39 is 6.03 Å². The highest BCUT2D eigenvalue weighted by atomic mass is 79.9. The van der Waals surface area contributed by atoms with Crippen molar-refractivity contribution in [1.82, 2.24) is 4.90 Å². The zero-order valence-electron chi connectivity index (χ0n) is 16.8. The van der Waals surface area contributed by atoms with Crippen molar-refractivity contribution in [3.63, 3.8) is 0 Å². The van der Waals surface area contributed by atoms with E-state index in [1.807, 2.05) is 54.6 Å². The number of nitrogens with zero attached hydrogens (tertiary/aromatic N) is 2. The summed E-state index contributed by atoms with van der Waals surface area (Å²) in [5.41, 5.74) is 7.52. The van der Waals surface area contributed by atoms with Crippen molar-refractivity contribution in [2.24, 2.45) is 5.73 Å². The van der Waals surface area contributed by atoms with Crippen molar-refractivity contribution >= 4 is 28.7 Å². The number of benzene rings is 2. The molecule has 5 nitrogen and oxygen atoms in total. The van der Waals surface area contributed by atoms with Crippen LogP contribution in [-0.2, 0) is 6.61 Å². The number of carbonyl (C=O) groups is 1. The third-order valence-electron chi connectivity index (χ3n) is 4.58. The number of unbranched alkanes of at least 4 members (excludes halogenated alkanes) is 1. The molecular formula is C22H32BrN3O2. The fourth-order valence-electron chi connectivity index (χ4n) is 2.88. The Hall–Kier alpha value is -2.05. The molecule has 28 heavy (non-hydrogen) atoms. The first-order valence-electron chi connectivity index (χ1n) is 9.70. The molecule has 2 aromatic carbocycles. The molecule has 0 aromatic heterocycles. The van der Waals surface area contributed by atoms with Gasteiger partial charge in [0, 0.05) is 18.8 Å². The van der Waals surface area contributed by atoms with Crippen LogP contribution in [0.4, 0.5) is 10.5 Å². The summed E-state index contributed by atoms with van der Waals surface area (Å²) in [5.74, 6) is 0.769. The monoisotopic (exact) mass is 449 g/mol. The topological polar surface area (TPSA) is 58.8 Å². The maximum absolute atomic E-state index is 11.9. The minimum atomic E-state index is -0.431. The van der Waals surface area contributed by atoms with E-state index in [1.54, 1.807) is 4.90 Å². The summed E-state index contributed by atoms with van der Waals surface area (Å²) in [4.78, 5) is 15.9. The Kier molecular flexibility index (Phi) is 11.3. The van der Waals surface area contributed by atoms with Crippen LogP contribution in [0.5, 0.6) is 5.75 Å². The highest BCUT2D eigenvalue weighted by Gasteiger charge is 2.14. The molecule has 0 aliphatic carbocycles. The Balaban J connectivity index is 0.00000392. The molecule has 2 N–H and O–H groups in total. The number of urea groups is 1. The van der Waals surface area contributed by atoms with Gasteiger partial charge >= 0.3 is 6.03 Å². The number of hydrogen-bond acceptors (Lipinski definition) is 3. The lowest BCUT2D eigenvalue weighted by atomic mass is 10.2. The van der Waals surface area contributed by atoms with Crippen molar-refractivity contribution in [2.45, 2.75) is 33.3 Å². The van der Waals surface area contributed by atoms with Gasteiger partial charge in [0.15, 0.2) is 0 Å². The number of nitrogens with two attached hydrogens (primary N) is 1. The highest BCUT2D eigenvalue weighted by Crippen LogP contribution is 2.20. The van der Waals surface area contributed by atoms with E-state index in [9.17, 15) is 4.79 Å². The molecule has 0 fully saturated rings. The van der Waals surface area contributed by atoms with Crippen LogP contribution in [-0.4, -0.2) is 37.1 Å². The van der Waals surface area contributed by atoms with Gasteiger partial charge in [-0.3, -0.25) is 4.90 Å². The van der Waals surface area contributed by atoms with E-state index in [2.05, 4.69) is 18.7 Å². The Labute approximate surface area is 179 Å². The first-order chi connectivity index (χ1) is 13.1. The first-order valence-corrected chi connectivity index (χ1v) is 9.70. The molecule has 0 radical (unpaired) electrons. The van der Waals surface area contributed by atoms with Crippen molar-refractivity contribution in [2.75, 3.05) is 31.1 Å². The summed E-state index contributed by atoms with van der Waals surface area (Å²) in [7, 11) is 0. The van der Waals surface area contributed by atoms with E-state index >= 15 is 0 Å². The van der Waals surface area contributed by atoms with Crippen LogP contribution >= 0.6 is 17.0 Å². The molecule has 0 saturated heterocycles. The average molecular weight is 450 g/mol. The molecule has 0 saturated carbocycles. The fraction of sp³-hybridized carbons (Fsp3) is 0.409. The molecule has 0 aliphatic rings. The van der Waals surface area contributed by atoms with Gasteiger partial charge in [-0.05, 0) is 49.3 Å². The number of halogens is 1. The summed E-state index contributed by atoms with van der Waals surface area (Å²) in [6.45, 7) is 8.25. The van der Waals surface area contributed by atoms with Crippen LogP contribution < -0.4 is 15.4 Å². The largest absolute Gasteiger partial charge is 0.489 e. The number of primary amides is 1. The van der Waals surface area contributed by atoms with E-state index in [1.165, 1.54) is 6.42 Å². The van der Waals surface area contributed by atoms with Crippen molar-refractivity contribution < 1.29 is 9.53 Å². The van der Waals surface area contributed by atoms with Crippen LogP contribution in [0.2, 0.25) is 0 Å². The molecule has 0 aliphatic heterocycles. The third-order valence-corrected chi connectivity index (χ3v) is 4.58. The molecule has 0 heterocycles. The second kappa shape index (κ2) is 13.2. The highest BCUT2D eigenvalue weighted by molar-refractivity contribution is 8.93. The maximum atomic E-state index is 11.9. The number of rotatable bonds is 11. The van der Waals surface area contributed by atoms with E-state index in [0.717, 1.165) is 43.1 Å². The quantitative estimate of drug-likeness (QED) is 0.533. The van der Waals surface area contributed by atoms with Gasteiger partial charge in [-0.1, -0.05) is 50.6 Å². The molecule has 2 aromatic rings. The van der Waals surface area contributed by atoms with Crippen LogP contribution in [0.3, 0.4) is 0 Å². The smallest absolute Gasteiger partial charge is 0.319 e. The summed E-state index contributed by atoms with van der Waals surface area (Å²) in [6.07, 6.45) is 2.33. The lowest BCUT2D eigenvalue weighted by Crippen LogP contribution is -2.41. The van der Waals surface area contributed by atoms with Crippen LogP contribution in [0.1, 0.15) is 32.3 Å². The van der Waals surface area contributed by atoms with Crippen molar-refractivity contribution in [3.05, 3.63) is 60.2 Å².